The molecule has 2 aromatic carbocycles. The second-order valence-corrected chi connectivity index (χ2v) is 8.74. The fourth-order valence-electron chi connectivity index (χ4n) is 3.03. The van der Waals surface area contributed by atoms with Gasteiger partial charge in [0.25, 0.3) is 5.69 Å². The highest BCUT2D eigenvalue weighted by molar-refractivity contribution is 7.89. The van der Waals surface area contributed by atoms with Crippen molar-refractivity contribution in [3.63, 3.8) is 0 Å². The topological polar surface area (TPSA) is 119 Å². The molecule has 0 atom stereocenters. The average Bonchev–Trinajstić information content (AvgIpc) is 2.77. The first-order valence-corrected chi connectivity index (χ1v) is 10.7. The fraction of sp³-hybridized carbons (Fsp3) is 0.316. The van der Waals surface area contributed by atoms with Crippen LogP contribution in [-0.2, 0) is 20.9 Å². The number of hydrogen-bond donors (Lipinski definition) is 1. The Morgan fingerprint density at radius 2 is 1.75 bits per heavy atom. The van der Waals surface area contributed by atoms with E-state index in [0.717, 1.165) is 6.07 Å². The number of nitrogens with zero attached hydrogens (tertiary/aromatic N) is 2. The zero-order chi connectivity index (χ0) is 23.5. The molecule has 1 fully saturated rings. The van der Waals surface area contributed by atoms with Crippen LogP contribution in [0.4, 0.5) is 24.5 Å². The summed E-state index contributed by atoms with van der Waals surface area (Å²) in [6, 6.07) is 7.10. The van der Waals surface area contributed by atoms with Gasteiger partial charge >= 0.3 is 6.18 Å². The molecule has 1 heterocycles. The predicted molar refractivity (Wildman–Crippen MR) is 107 cm³/mol. The highest BCUT2D eigenvalue weighted by Crippen LogP contribution is 2.35. The number of anilines is 1. The number of halogens is 3. The molecule has 3 rings (SSSR count). The van der Waals surface area contributed by atoms with E-state index in [9.17, 15) is 36.5 Å². The van der Waals surface area contributed by atoms with Crippen molar-refractivity contribution in [3.05, 3.63) is 63.7 Å². The Kier molecular flexibility index (Phi) is 6.81. The summed E-state index contributed by atoms with van der Waals surface area (Å²) in [5.41, 5.74) is -2.12. The van der Waals surface area contributed by atoms with Crippen molar-refractivity contribution in [2.24, 2.45) is 0 Å². The molecule has 0 spiro atoms. The first kappa shape index (κ1) is 23.6. The Balaban J connectivity index is 1.71. The van der Waals surface area contributed by atoms with Gasteiger partial charge in [0.15, 0.2) is 5.78 Å². The number of morpholine rings is 1. The number of nitro benzene ring substituents is 1. The summed E-state index contributed by atoms with van der Waals surface area (Å²) in [6.07, 6.45) is -4.75. The molecule has 172 valence electrons. The number of sulfonamides is 1. The predicted octanol–water partition coefficient (Wildman–Crippen LogP) is 2.93. The van der Waals surface area contributed by atoms with E-state index in [1.54, 1.807) is 0 Å². The largest absolute Gasteiger partial charge is 0.416 e. The molecule has 32 heavy (non-hydrogen) atoms. The lowest BCUT2D eigenvalue weighted by molar-refractivity contribution is -0.384. The second kappa shape index (κ2) is 9.22. The van der Waals surface area contributed by atoms with E-state index in [0.29, 0.717) is 12.1 Å². The maximum atomic E-state index is 12.8. The zero-order valence-electron chi connectivity index (χ0n) is 16.5. The summed E-state index contributed by atoms with van der Waals surface area (Å²) in [7, 11) is -3.73. The van der Waals surface area contributed by atoms with E-state index in [1.807, 2.05) is 0 Å². The molecule has 1 saturated heterocycles. The third-order valence-electron chi connectivity index (χ3n) is 4.75. The normalized spacial score (nSPS) is 15.3. The number of hydrogen-bond acceptors (Lipinski definition) is 7. The molecule has 0 bridgehead atoms. The Labute approximate surface area is 181 Å². The summed E-state index contributed by atoms with van der Waals surface area (Å²) in [4.78, 5) is 22.5. The van der Waals surface area contributed by atoms with E-state index in [2.05, 4.69) is 5.32 Å². The smallest absolute Gasteiger partial charge is 0.379 e. The molecule has 1 aliphatic heterocycles. The molecular weight excluding hydrogens is 455 g/mol. The number of carbonyl (C=O) groups excluding carboxylic acids is 1. The number of ketones is 1. The molecule has 0 radical (unpaired) electrons. The molecule has 1 aliphatic rings. The molecule has 0 aliphatic carbocycles. The summed E-state index contributed by atoms with van der Waals surface area (Å²) in [5, 5.41) is 13.6. The first-order valence-electron chi connectivity index (χ1n) is 9.31. The summed E-state index contributed by atoms with van der Waals surface area (Å²) in [6.45, 7) is 0.578. The minimum atomic E-state index is -4.75. The van der Waals surface area contributed by atoms with Crippen molar-refractivity contribution in [2.75, 3.05) is 38.2 Å². The van der Waals surface area contributed by atoms with Gasteiger partial charge in [0.05, 0.1) is 35.1 Å². The quantitative estimate of drug-likeness (QED) is 0.373. The fourth-order valence-corrected chi connectivity index (χ4v) is 4.44. The lowest BCUT2D eigenvalue weighted by Crippen LogP contribution is -2.40. The number of alkyl halides is 3. The summed E-state index contributed by atoms with van der Waals surface area (Å²) in [5.74, 6) is -0.533. The van der Waals surface area contributed by atoms with Gasteiger partial charge in [-0.25, -0.2) is 8.42 Å². The van der Waals surface area contributed by atoms with Crippen LogP contribution in [0.1, 0.15) is 15.9 Å². The van der Waals surface area contributed by atoms with Gasteiger partial charge in [-0.1, -0.05) is 0 Å². The van der Waals surface area contributed by atoms with Crippen LogP contribution in [0.2, 0.25) is 0 Å². The van der Waals surface area contributed by atoms with Crippen LogP contribution in [0.15, 0.2) is 47.4 Å². The summed E-state index contributed by atoms with van der Waals surface area (Å²) < 4.78 is 70.0. The third-order valence-corrected chi connectivity index (χ3v) is 6.66. The molecule has 0 unspecified atom stereocenters. The highest BCUT2D eigenvalue weighted by atomic mass is 32.2. The molecule has 2 aromatic rings. The lowest BCUT2D eigenvalue weighted by Gasteiger charge is -2.26. The van der Waals surface area contributed by atoms with Gasteiger partial charge in [-0.05, 0) is 36.4 Å². The highest BCUT2D eigenvalue weighted by Gasteiger charge is 2.33. The number of Topliss-reactive ketones (excluding diaryl/α,β-unsaturated/α-hetero) is 1. The van der Waals surface area contributed by atoms with Crippen LogP contribution in [0, 0.1) is 10.1 Å². The number of carbonyl (C=O) groups is 1. The lowest BCUT2D eigenvalue weighted by atomic mass is 10.1. The Morgan fingerprint density at radius 1 is 1.12 bits per heavy atom. The van der Waals surface area contributed by atoms with Crippen LogP contribution in [0.25, 0.3) is 0 Å². The maximum Gasteiger partial charge on any atom is 0.416 e. The van der Waals surface area contributed by atoms with Crippen LogP contribution in [0.5, 0.6) is 0 Å². The third kappa shape index (κ3) is 5.23. The molecule has 0 saturated carbocycles. The molecular formula is C19H18F3N3O6S. The van der Waals surface area contributed by atoms with Gasteiger partial charge in [0.1, 0.15) is 5.69 Å². The maximum absolute atomic E-state index is 12.8. The average molecular weight is 473 g/mol. The number of nitro groups is 1. The second-order valence-electron chi connectivity index (χ2n) is 6.80. The van der Waals surface area contributed by atoms with Crippen LogP contribution in [-0.4, -0.2) is 56.3 Å². The van der Waals surface area contributed by atoms with Gasteiger partial charge in [0.2, 0.25) is 10.0 Å². The van der Waals surface area contributed by atoms with E-state index in [1.165, 1.54) is 28.6 Å². The van der Waals surface area contributed by atoms with Crippen LogP contribution < -0.4 is 5.32 Å². The Morgan fingerprint density at radius 3 is 2.31 bits per heavy atom. The zero-order valence-corrected chi connectivity index (χ0v) is 17.3. The molecule has 9 nitrogen and oxygen atoms in total. The van der Waals surface area contributed by atoms with Gasteiger partial charge < -0.3 is 10.1 Å². The van der Waals surface area contributed by atoms with E-state index in [4.69, 9.17) is 4.74 Å². The monoisotopic (exact) mass is 473 g/mol. The van der Waals surface area contributed by atoms with Crippen molar-refractivity contribution in [2.45, 2.75) is 11.1 Å². The van der Waals surface area contributed by atoms with Gasteiger partial charge in [-0.2, -0.15) is 17.5 Å². The van der Waals surface area contributed by atoms with Crippen LogP contribution >= 0.6 is 0 Å². The Hall–Kier alpha value is -3.03. The SMILES string of the molecule is O=C(CNc1ccc(C(F)(F)F)cc1[N+](=O)[O-])c1ccc(S(=O)(=O)N2CCOCC2)cc1. The minimum Gasteiger partial charge on any atom is -0.379 e. The molecule has 0 aromatic heterocycles. The van der Waals surface area contributed by atoms with Gasteiger partial charge in [0, 0.05) is 24.7 Å². The molecule has 1 N–H and O–H groups in total. The number of nitrogens with one attached hydrogen (secondary N) is 1. The number of ether oxygens (including phenoxy) is 1. The van der Waals surface area contributed by atoms with E-state index < -0.39 is 44.7 Å². The number of rotatable bonds is 7. The Bertz CT molecular complexity index is 1110. The van der Waals surface area contributed by atoms with Crippen molar-refractivity contribution in [3.8, 4) is 0 Å². The van der Waals surface area contributed by atoms with E-state index >= 15 is 0 Å². The van der Waals surface area contributed by atoms with Crippen molar-refractivity contribution in [1.82, 2.24) is 4.31 Å². The molecule has 13 heteroatoms. The number of benzene rings is 2. The summed E-state index contributed by atoms with van der Waals surface area (Å²) >= 11 is 0. The first-order chi connectivity index (χ1) is 15.0. The van der Waals surface area contributed by atoms with Crippen molar-refractivity contribution < 1.29 is 36.0 Å². The molecule has 0 amide bonds. The minimum absolute atomic E-state index is 0.00212. The van der Waals surface area contributed by atoms with E-state index in [-0.39, 0.29) is 42.4 Å². The van der Waals surface area contributed by atoms with Crippen molar-refractivity contribution >= 4 is 27.2 Å². The van der Waals surface area contributed by atoms with Crippen molar-refractivity contribution in [1.29, 1.82) is 0 Å². The van der Waals surface area contributed by atoms with Gasteiger partial charge in [-0.3, -0.25) is 14.9 Å². The standard InChI is InChI=1S/C19H18F3N3O6S/c20-19(21,22)14-3-6-16(17(11-14)25(27)28)23-12-18(26)13-1-4-15(5-2-13)32(29,30)24-7-9-31-10-8-24/h1-6,11,23H,7-10,12H2. The van der Waals surface area contributed by atoms with Crippen LogP contribution in [0.3, 0.4) is 0 Å². The van der Waals surface area contributed by atoms with Gasteiger partial charge in [-0.15, -0.1) is 0 Å².